The van der Waals surface area contributed by atoms with Crippen LogP contribution >= 0.6 is 11.6 Å². The van der Waals surface area contributed by atoms with Crippen molar-refractivity contribution in [2.75, 3.05) is 12.0 Å². The van der Waals surface area contributed by atoms with E-state index in [1.54, 1.807) is 19.1 Å². The van der Waals surface area contributed by atoms with E-state index in [2.05, 4.69) is 5.16 Å². The maximum atomic E-state index is 13.2. The molecule has 0 N–H and O–H groups in total. The third kappa shape index (κ3) is 2.66. The van der Waals surface area contributed by atoms with E-state index in [1.165, 1.54) is 31.4 Å². The Kier molecular flexibility index (Phi) is 4.11. The van der Waals surface area contributed by atoms with Crippen LogP contribution in [0, 0.1) is 18.7 Å². The number of aryl methyl sites for hydroxylation is 1. The number of hydrogen-bond donors (Lipinski definition) is 0. The highest BCUT2D eigenvalue weighted by Gasteiger charge is 2.56. The normalized spacial score (nSPS) is 21.2. The molecule has 0 bridgehead atoms. The summed E-state index contributed by atoms with van der Waals surface area (Å²) in [6.45, 7) is 1.76. The molecule has 2 aromatic carbocycles. The van der Waals surface area contributed by atoms with Crippen LogP contribution in [-0.4, -0.2) is 30.7 Å². The van der Waals surface area contributed by atoms with E-state index in [1.807, 2.05) is 0 Å². The zero-order valence-corrected chi connectivity index (χ0v) is 15.2. The molecule has 0 radical (unpaired) electrons. The Morgan fingerprint density at radius 1 is 1.19 bits per heavy atom. The van der Waals surface area contributed by atoms with Crippen molar-refractivity contribution >= 4 is 34.8 Å². The van der Waals surface area contributed by atoms with Gasteiger partial charge in [0.1, 0.15) is 23.2 Å². The van der Waals surface area contributed by atoms with Gasteiger partial charge in [-0.3, -0.25) is 9.59 Å². The largest absolute Gasteiger partial charge is 0.495 e. The van der Waals surface area contributed by atoms with Crippen LogP contribution in [-0.2, 0) is 14.4 Å². The molecule has 4 rings (SSSR count). The summed E-state index contributed by atoms with van der Waals surface area (Å²) in [5, 5.41) is 4.35. The van der Waals surface area contributed by atoms with E-state index in [0.717, 1.165) is 4.90 Å². The molecule has 138 valence electrons. The minimum atomic E-state index is -1.06. The van der Waals surface area contributed by atoms with Crippen LogP contribution in [0.15, 0.2) is 41.6 Å². The Labute approximate surface area is 159 Å². The quantitative estimate of drug-likeness (QED) is 0.758. The van der Waals surface area contributed by atoms with Crippen molar-refractivity contribution in [3.8, 4) is 5.75 Å². The predicted molar refractivity (Wildman–Crippen MR) is 96.5 cm³/mol. The fourth-order valence-electron chi connectivity index (χ4n) is 3.26. The molecule has 0 saturated carbocycles. The van der Waals surface area contributed by atoms with Crippen molar-refractivity contribution < 1.29 is 23.6 Å². The first kappa shape index (κ1) is 17.5. The molecule has 0 spiro atoms. The zero-order valence-electron chi connectivity index (χ0n) is 14.4. The summed E-state index contributed by atoms with van der Waals surface area (Å²) in [6, 6.07) is 8.68. The van der Waals surface area contributed by atoms with Crippen LogP contribution in [0.3, 0.4) is 0 Å². The molecule has 8 heteroatoms. The van der Waals surface area contributed by atoms with E-state index in [4.69, 9.17) is 21.2 Å². The maximum absolute atomic E-state index is 13.2. The van der Waals surface area contributed by atoms with Gasteiger partial charge in [-0.05, 0) is 30.7 Å². The van der Waals surface area contributed by atoms with Gasteiger partial charge in [-0.25, -0.2) is 9.29 Å². The first-order valence-electron chi connectivity index (χ1n) is 8.14. The average Bonchev–Trinajstić information content (AvgIpc) is 3.19. The number of halogens is 2. The van der Waals surface area contributed by atoms with Crippen LogP contribution in [0.25, 0.3) is 0 Å². The number of carbonyl (C=O) groups is 2. The molecule has 2 aliphatic rings. The Balaban J connectivity index is 1.75. The van der Waals surface area contributed by atoms with Crippen LogP contribution < -0.4 is 9.64 Å². The molecule has 0 unspecified atom stereocenters. The first-order valence-corrected chi connectivity index (χ1v) is 8.51. The van der Waals surface area contributed by atoms with Crippen molar-refractivity contribution in [3.05, 3.63) is 58.4 Å². The van der Waals surface area contributed by atoms with Gasteiger partial charge in [-0.2, -0.15) is 0 Å². The second-order valence-electron chi connectivity index (χ2n) is 6.27. The Hall–Kier alpha value is -2.93. The van der Waals surface area contributed by atoms with Crippen LogP contribution in [0.1, 0.15) is 11.1 Å². The number of hydrogen-bond acceptors (Lipinski definition) is 5. The molecule has 0 aliphatic carbocycles. The highest BCUT2D eigenvalue weighted by atomic mass is 35.5. The highest BCUT2D eigenvalue weighted by molar-refractivity contribution is 6.34. The monoisotopic (exact) mass is 388 g/mol. The lowest BCUT2D eigenvalue weighted by atomic mass is 9.94. The lowest BCUT2D eigenvalue weighted by Crippen LogP contribution is -2.33. The van der Waals surface area contributed by atoms with Crippen LogP contribution in [0.2, 0.25) is 5.02 Å². The lowest BCUT2D eigenvalue weighted by molar-refractivity contribution is -0.126. The van der Waals surface area contributed by atoms with Gasteiger partial charge in [0, 0.05) is 16.7 Å². The van der Waals surface area contributed by atoms with Crippen molar-refractivity contribution in [3.63, 3.8) is 0 Å². The second kappa shape index (κ2) is 6.35. The molecule has 1 fully saturated rings. The number of anilines is 1. The number of rotatable bonds is 3. The number of fused-ring (bicyclic) bond motifs is 1. The summed E-state index contributed by atoms with van der Waals surface area (Å²) in [7, 11) is 1.43. The van der Waals surface area contributed by atoms with Crippen molar-refractivity contribution in [2.45, 2.75) is 13.0 Å². The van der Waals surface area contributed by atoms with Gasteiger partial charge in [-0.1, -0.05) is 28.9 Å². The van der Waals surface area contributed by atoms with E-state index in [-0.39, 0.29) is 0 Å². The Morgan fingerprint density at radius 3 is 2.56 bits per heavy atom. The van der Waals surface area contributed by atoms with Gasteiger partial charge in [-0.15, -0.1) is 0 Å². The van der Waals surface area contributed by atoms with Gasteiger partial charge in [0.25, 0.3) is 5.91 Å². The standard InChI is InChI=1S/C19H14ClFN2O4/c1-9-7-13(14(26-2)8-12(9)20)23-18(24)15-16(22-27-17(15)19(23)25)10-3-5-11(21)6-4-10/h3-8,15,17H,1-2H3/t15-,17-/m1/s1. The predicted octanol–water partition coefficient (Wildman–Crippen LogP) is 3.09. The topological polar surface area (TPSA) is 68.2 Å². The number of nitrogens with zero attached hydrogens (tertiary/aromatic N) is 2. The lowest BCUT2D eigenvalue weighted by Gasteiger charge is -2.19. The van der Waals surface area contributed by atoms with Gasteiger partial charge in [0.05, 0.1) is 12.8 Å². The van der Waals surface area contributed by atoms with E-state index < -0.39 is 29.7 Å². The van der Waals surface area contributed by atoms with Gasteiger partial charge in [0.2, 0.25) is 12.0 Å². The van der Waals surface area contributed by atoms with E-state index >= 15 is 0 Å². The SMILES string of the molecule is COc1cc(Cl)c(C)cc1N1C(=O)[C@@H]2C(c3ccc(F)cc3)=NO[C@H]2C1=O. The molecule has 2 aromatic rings. The van der Waals surface area contributed by atoms with Gasteiger partial charge < -0.3 is 9.57 Å². The van der Waals surface area contributed by atoms with Crippen molar-refractivity contribution in [2.24, 2.45) is 11.1 Å². The minimum absolute atomic E-state index is 0.297. The second-order valence-corrected chi connectivity index (χ2v) is 6.68. The molecule has 2 aliphatic heterocycles. The van der Waals surface area contributed by atoms with Crippen molar-refractivity contribution in [1.29, 1.82) is 0 Å². The summed E-state index contributed by atoms with van der Waals surface area (Å²) >= 11 is 6.11. The summed E-state index contributed by atoms with van der Waals surface area (Å²) in [5.74, 6) is -2.03. The molecule has 0 aromatic heterocycles. The molecular weight excluding hydrogens is 375 g/mol. The third-order valence-electron chi connectivity index (χ3n) is 4.65. The third-order valence-corrected chi connectivity index (χ3v) is 5.06. The summed E-state index contributed by atoms with van der Waals surface area (Å²) < 4.78 is 18.5. The smallest absolute Gasteiger partial charge is 0.279 e. The van der Waals surface area contributed by atoms with E-state index in [9.17, 15) is 14.0 Å². The van der Waals surface area contributed by atoms with E-state index in [0.29, 0.717) is 33.3 Å². The number of imide groups is 1. The van der Waals surface area contributed by atoms with Crippen molar-refractivity contribution in [1.82, 2.24) is 0 Å². The zero-order chi connectivity index (χ0) is 19.3. The number of oxime groups is 1. The number of methoxy groups -OCH3 is 1. The maximum Gasteiger partial charge on any atom is 0.279 e. The summed E-state index contributed by atoms with van der Waals surface area (Å²) in [6.07, 6.45) is -1.06. The highest BCUT2D eigenvalue weighted by Crippen LogP contribution is 2.40. The molecular formula is C19H14ClFN2O4. The van der Waals surface area contributed by atoms with Gasteiger partial charge in [0.15, 0.2) is 0 Å². The van der Waals surface area contributed by atoms with Crippen LogP contribution in [0.4, 0.5) is 10.1 Å². The van der Waals surface area contributed by atoms with Gasteiger partial charge >= 0.3 is 0 Å². The molecule has 27 heavy (non-hydrogen) atoms. The number of benzene rings is 2. The number of carbonyl (C=O) groups excluding carboxylic acids is 2. The minimum Gasteiger partial charge on any atom is -0.495 e. The average molecular weight is 389 g/mol. The molecule has 2 atom stereocenters. The Morgan fingerprint density at radius 2 is 1.89 bits per heavy atom. The fraction of sp³-hybridized carbons (Fsp3) is 0.211. The Bertz CT molecular complexity index is 990. The molecule has 2 amide bonds. The number of ether oxygens (including phenoxy) is 1. The number of amides is 2. The summed E-state index contributed by atoms with van der Waals surface area (Å²) in [5.41, 5.74) is 1.81. The van der Waals surface area contributed by atoms with Crippen LogP contribution in [0.5, 0.6) is 5.75 Å². The fourth-order valence-corrected chi connectivity index (χ4v) is 3.41. The molecule has 1 saturated heterocycles. The summed E-state index contributed by atoms with van der Waals surface area (Å²) in [4.78, 5) is 32.2. The first-order chi connectivity index (χ1) is 12.9. The molecule has 2 heterocycles. The molecule has 6 nitrogen and oxygen atoms in total.